The zero-order valence-corrected chi connectivity index (χ0v) is 19.8. The molecule has 1 heterocycles. The van der Waals surface area contributed by atoms with Gasteiger partial charge in [0.15, 0.2) is 5.96 Å². The first-order valence-corrected chi connectivity index (χ1v) is 9.56. The van der Waals surface area contributed by atoms with Crippen LogP contribution in [0, 0.1) is 5.92 Å². The third-order valence-electron chi connectivity index (χ3n) is 4.05. The monoisotopic (exact) mass is 521 g/mol. The molecule has 9 heteroatoms. The minimum absolute atomic E-state index is 0. The molecule has 0 saturated heterocycles. The van der Waals surface area contributed by atoms with E-state index in [0.29, 0.717) is 35.2 Å². The third-order valence-corrected chi connectivity index (χ3v) is 4.30. The van der Waals surface area contributed by atoms with Crippen molar-refractivity contribution in [3.05, 3.63) is 35.2 Å². The van der Waals surface area contributed by atoms with Crippen molar-refractivity contribution in [2.24, 2.45) is 10.9 Å². The van der Waals surface area contributed by atoms with Gasteiger partial charge in [-0.05, 0) is 43.5 Å². The van der Waals surface area contributed by atoms with Crippen LogP contribution in [0.2, 0.25) is 5.02 Å². The highest BCUT2D eigenvalue weighted by atomic mass is 127. The zero-order valence-electron chi connectivity index (χ0n) is 16.7. The molecule has 1 atom stereocenters. The van der Waals surface area contributed by atoms with Crippen LogP contribution >= 0.6 is 35.6 Å². The Bertz CT molecular complexity index is 721. The van der Waals surface area contributed by atoms with Gasteiger partial charge >= 0.3 is 0 Å². The van der Waals surface area contributed by atoms with Crippen LogP contribution in [0.1, 0.15) is 33.1 Å². The van der Waals surface area contributed by atoms with Crippen molar-refractivity contribution >= 4 is 41.5 Å². The topological polar surface area (TPSA) is 84.6 Å². The van der Waals surface area contributed by atoms with Gasteiger partial charge in [0.2, 0.25) is 11.7 Å². The number of hydrogen-bond acceptors (Lipinski definition) is 5. The molecular formula is C19H29ClIN5O2. The fourth-order valence-corrected chi connectivity index (χ4v) is 2.70. The predicted molar refractivity (Wildman–Crippen MR) is 123 cm³/mol. The van der Waals surface area contributed by atoms with Crippen molar-refractivity contribution in [1.82, 2.24) is 20.8 Å². The van der Waals surface area contributed by atoms with E-state index in [1.165, 1.54) is 0 Å². The van der Waals surface area contributed by atoms with Gasteiger partial charge in [0.25, 0.3) is 0 Å². The van der Waals surface area contributed by atoms with Gasteiger partial charge in [-0.1, -0.05) is 30.6 Å². The average Bonchev–Trinajstić information content (AvgIpc) is 3.13. The van der Waals surface area contributed by atoms with E-state index in [0.717, 1.165) is 25.1 Å². The number of rotatable bonds is 9. The van der Waals surface area contributed by atoms with Crippen molar-refractivity contribution in [2.45, 2.75) is 39.8 Å². The second-order valence-electron chi connectivity index (χ2n) is 6.40. The van der Waals surface area contributed by atoms with Gasteiger partial charge in [0.1, 0.15) is 0 Å². The maximum Gasteiger partial charge on any atom is 0.246 e. The summed E-state index contributed by atoms with van der Waals surface area (Å²) in [6.45, 7) is 8.24. The van der Waals surface area contributed by atoms with Crippen molar-refractivity contribution < 1.29 is 9.26 Å². The highest BCUT2D eigenvalue weighted by molar-refractivity contribution is 14.0. The Morgan fingerprint density at radius 3 is 2.57 bits per heavy atom. The van der Waals surface area contributed by atoms with Crippen LogP contribution in [0.3, 0.4) is 0 Å². The average molecular weight is 522 g/mol. The van der Waals surface area contributed by atoms with Crippen LogP contribution in [0.25, 0.3) is 11.4 Å². The first-order chi connectivity index (χ1) is 13.0. The Morgan fingerprint density at radius 2 is 1.96 bits per heavy atom. The van der Waals surface area contributed by atoms with Crippen LogP contribution in [0.5, 0.6) is 0 Å². The summed E-state index contributed by atoms with van der Waals surface area (Å²) in [7, 11) is 1.73. The second kappa shape index (κ2) is 12.9. The number of ether oxygens (including phenoxy) is 1. The van der Waals surface area contributed by atoms with Crippen LogP contribution in [0.15, 0.2) is 33.8 Å². The number of hydrogen-bond donors (Lipinski definition) is 2. The molecule has 2 rings (SSSR count). The Hall–Kier alpha value is -1.39. The molecule has 156 valence electrons. The molecule has 2 N–H and O–H groups in total. The van der Waals surface area contributed by atoms with Crippen LogP contribution in [-0.4, -0.2) is 42.4 Å². The van der Waals surface area contributed by atoms with Crippen molar-refractivity contribution in [3.8, 4) is 11.4 Å². The molecule has 0 amide bonds. The molecular weight excluding hydrogens is 493 g/mol. The van der Waals surface area contributed by atoms with Gasteiger partial charge in [-0.2, -0.15) is 4.98 Å². The SMILES string of the molecule is CCOC(CCNC(=NC)NCc1nc(-c2ccc(Cl)cc2)no1)C(C)C.I. The molecule has 0 radical (unpaired) electrons. The molecule has 0 aliphatic heterocycles. The van der Waals surface area contributed by atoms with Gasteiger partial charge in [-0.3, -0.25) is 4.99 Å². The lowest BCUT2D eigenvalue weighted by atomic mass is 10.0. The van der Waals surface area contributed by atoms with Crippen molar-refractivity contribution in [3.63, 3.8) is 0 Å². The summed E-state index contributed by atoms with van der Waals surface area (Å²) < 4.78 is 11.0. The Balaban J connectivity index is 0.00000392. The van der Waals surface area contributed by atoms with Gasteiger partial charge in [0, 0.05) is 30.8 Å². The lowest BCUT2D eigenvalue weighted by Crippen LogP contribution is -2.39. The number of guanidine groups is 1. The lowest BCUT2D eigenvalue weighted by Gasteiger charge is -2.21. The second-order valence-corrected chi connectivity index (χ2v) is 6.83. The van der Waals surface area contributed by atoms with Gasteiger partial charge < -0.3 is 19.9 Å². The minimum Gasteiger partial charge on any atom is -0.378 e. The molecule has 1 unspecified atom stereocenters. The largest absolute Gasteiger partial charge is 0.378 e. The highest BCUT2D eigenvalue weighted by Crippen LogP contribution is 2.18. The number of nitrogens with one attached hydrogen (secondary N) is 2. The normalized spacial score (nSPS) is 12.6. The first kappa shape index (κ1) is 24.6. The Morgan fingerprint density at radius 1 is 1.25 bits per heavy atom. The molecule has 0 bridgehead atoms. The molecule has 0 aliphatic carbocycles. The molecule has 7 nitrogen and oxygen atoms in total. The molecule has 1 aromatic heterocycles. The molecule has 0 saturated carbocycles. The lowest BCUT2D eigenvalue weighted by molar-refractivity contribution is 0.0258. The number of aliphatic imine (C=N–C) groups is 1. The molecule has 28 heavy (non-hydrogen) atoms. The summed E-state index contributed by atoms with van der Waals surface area (Å²) in [5.74, 6) is 2.17. The standard InChI is InChI=1S/C19H28ClN5O2.HI/c1-5-26-16(13(2)3)10-11-22-19(21-4)23-12-17-24-18(25-27-17)14-6-8-15(20)9-7-14;/h6-9,13,16H,5,10-12H2,1-4H3,(H2,21,22,23);1H. The van der Waals surface area contributed by atoms with Crippen molar-refractivity contribution in [2.75, 3.05) is 20.2 Å². The van der Waals surface area contributed by atoms with E-state index in [2.05, 4.69) is 39.6 Å². The van der Waals surface area contributed by atoms with Gasteiger partial charge in [-0.25, -0.2) is 0 Å². The van der Waals surface area contributed by atoms with E-state index in [4.69, 9.17) is 20.9 Å². The smallest absolute Gasteiger partial charge is 0.246 e. The van der Waals surface area contributed by atoms with E-state index in [1.54, 1.807) is 19.2 Å². The summed E-state index contributed by atoms with van der Waals surface area (Å²) in [5, 5.41) is 11.1. The van der Waals surface area contributed by atoms with E-state index in [-0.39, 0.29) is 30.1 Å². The third kappa shape index (κ3) is 7.92. The maximum atomic E-state index is 5.90. The van der Waals surface area contributed by atoms with E-state index >= 15 is 0 Å². The highest BCUT2D eigenvalue weighted by Gasteiger charge is 2.13. The maximum absolute atomic E-state index is 5.90. The summed E-state index contributed by atoms with van der Waals surface area (Å²) in [6.07, 6.45) is 1.14. The Labute approximate surface area is 188 Å². The van der Waals surface area contributed by atoms with Crippen molar-refractivity contribution in [1.29, 1.82) is 0 Å². The predicted octanol–water partition coefficient (Wildman–Crippen LogP) is 4.12. The number of nitrogens with zero attached hydrogens (tertiary/aromatic N) is 3. The molecule has 0 aliphatic rings. The number of aromatic nitrogens is 2. The van der Waals surface area contributed by atoms with Crippen LogP contribution < -0.4 is 10.6 Å². The van der Waals surface area contributed by atoms with Gasteiger partial charge in [0.05, 0.1) is 12.6 Å². The first-order valence-electron chi connectivity index (χ1n) is 9.18. The molecule has 2 aromatic rings. The summed E-state index contributed by atoms with van der Waals surface area (Å²) in [6, 6.07) is 7.30. The minimum atomic E-state index is 0. The molecule has 0 spiro atoms. The van der Waals surface area contributed by atoms with E-state index in [1.807, 2.05) is 19.1 Å². The summed E-state index contributed by atoms with van der Waals surface area (Å²) >= 11 is 5.90. The van der Waals surface area contributed by atoms with Crippen LogP contribution in [-0.2, 0) is 11.3 Å². The Kier molecular flexibility index (Phi) is 11.4. The fourth-order valence-electron chi connectivity index (χ4n) is 2.58. The number of halogens is 2. The molecule has 0 fully saturated rings. The van der Waals surface area contributed by atoms with Gasteiger partial charge in [-0.15, -0.1) is 24.0 Å². The molecule has 1 aromatic carbocycles. The number of benzene rings is 1. The zero-order chi connectivity index (χ0) is 19.6. The van der Waals surface area contributed by atoms with Crippen LogP contribution in [0.4, 0.5) is 0 Å². The summed E-state index contributed by atoms with van der Waals surface area (Å²) in [4.78, 5) is 8.60. The van der Waals surface area contributed by atoms with E-state index in [9.17, 15) is 0 Å². The quantitative estimate of drug-likeness (QED) is 0.293. The van der Waals surface area contributed by atoms with E-state index < -0.39 is 0 Å². The summed E-state index contributed by atoms with van der Waals surface area (Å²) in [5.41, 5.74) is 0.854. The fraction of sp³-hybridized carbons (Fsp3) is 0.526.